The summed E-state index contributed by atoms with van der Waals surface area (Å²) < 4.78 is 6.42. The molecule has 0 aliphatic rings. The number of rotatable bonds is 6. The second-order valence-corrected chi connectivity index (χ2v) is 13.4. The number of nitrogens with zero attached hydrogens (tertiary/aromatic N) is 1. The molecule has 10 rings (SSSR count). The monoisotopic (exact) mass is 663 g/mol. The van der Waals surface area contributed by atoms with Crippen molar-refractivity contribution < 1.29 is 4.42 Å². The third-order valence-electron chi connectivity index (χ3n) is 10.2. The molecule has 9 aromatic carbocycles. The molecular weight excluding hydrogens is 631 g/mol. The first-order valence-corrected chi connectivity index (χ1v) is 17.8. The van der Waals surface area contributed by atoms with Crippen LogP contribution in [0.5, 0.6) is 0 Å². The Morgan fingerprint density at radius 1 is 0.327 bits per heavy atom. The molecule has 0 aliphatic carbocycles. The fraction of sp³-hybridized carbons (Fsp3) is 0. The number of furan rings is 1. The van der Waals surface area contributed by atoms with E-state index in [-0.39, 0.29) is 0 Å². The summed E-state index contributed by atoms with van der Waals surface area (Å²) in [5.41, 5.74) is 12.2. The third-order valence-corrected chi connectivity index (χ3v) is 10.2. The van der Waals surface area contributed by atoms with Crippen molar-refractivity contribution in [3.8, 4) is 33.4 Å². The molecule has 0 saturated heterocycles. The summed E-state index contributed by atoms with van der Waals surface area (Å²) in [6, 6.07) is 71.7. The maximum atomic E-state index is 6.42. The van der Waals surface area contributed by atoms with Crippen LogP contribution >= 0.6 is 0 Å². The average Bonchev–Trinajstić information content (AvgIpc) is 3.58. The maximum Gasteiger partial charge on any atom is 0.136 e. The normalized spacial score (nSPS) is 11.5. The molecule has 0 spiro atoms. The van der Waals surface area contributed by atoms with Gasteiger partial charge >= 0.3 is 0 Å². The van der Waals surface area contributed by atoms with Gasteiger partial charge in [-0.1, -0.05) is 146 Å². The Kier molecular flexibility index (Phi) is 7.18. The van der Waals surface area contributed by atoms with Crippen molar-refractivity contribution in [3.05, 3.63) is 200 Å². The number of para-hydroxylation sites is 1. The van der Waals surface area contributed by atoms with Gasteiger partial charge in [0.05, 0.1) is 5.69 Å². The molecule has 10 aromatic rings. The van der Waals surface area contributed by atoms with Crippen molar-refractivity contribution in [2.45, 2.75) is 0 Å². The van der Waals surface area contributed by atoms with Gasteiger partial charge in [0.1, 0.15) is 11.2 Å². The summed E-state index contributed by atoms with van der Waals surface area (Å²) >= 11 is 0. The lowest BCUT2D eigenvalue weighted by molar-refractivity contribution is 0.669. The summed E-state index contributed by atoms with van der Waals surface area (Å²) in [4.78, 5) is 2.38. The molecule has 0 aliphatic heterocycles. The fourth-order valence-electron chi connectivity index (χ4n) is 7.67. The molecule has 0 saturated carbocycles. The highest BCUT2D eigenvalue weighted by Crippen LogP contribution is 2.43. The Balaban J connectivity index is 1.11. The molecule has 52 heavy (non-hydrogen) atoms. The first-order chi connectivity index (χ1) is 25.8. The van der Waals surface area contributed by atoms with Crippen molar-refractivity contribution in [2.24, 2.45) is 0 Å². The molecule has 0 N–H and O–H groups in total. The zero-order valence-electron chi connectivity index (χ0n) is 28.4. The van der Waals surface area contributed by atoms with Crippen molar-refractivity contribution in [2.75, 3.05) is 4.90 Å². The fourth-order valence-corrected chi connectivity index (χ4v) is 7.67. The van der Waals surface area contributed by atoms with Gasteiger partial charge in [-0.3, -0.25) is 0 Å². The van der Waals surface area contributed by atoms with Gasteiger partial charge in [0.2, 0.25) is 0 Å². The molecule has 0 bridgehead atoms. The van der Waals surface area contributed by atoms with E-state index in [0.29, 0.717) is 0 Å². The summed E-state index contributed by atoms with van der Waals surface area (Å²) in [5, 5.41) is 7.14. The predicted octanol–water partition coefficient (Wildman–Crippen LogP) is 14.4. The zero-order chi connectivity index (χ0) is 34.4. The average molecular weight is 664 g/mol. The first kappa shape index (κ1) is 30.0. The van der Waals surface area contributed by atoms with E-state index < -0.39 is 0 Å². The summed E-state index contributed by atoms with van der Waals surface area (Å²) in [7, 11) is 0. The second-order valence-electron chi connectivity index (χ2n) is 13.4. The number of benzene rings is 9. The van der Waals surface area contributed by atoms with Gasteiger partial charge in [-0.2, -0.15) is 0 Å². The third kappa shape index (κ3) is 5.21. The van der Waals surface area contributed by atoms with Crippen LogP contribution in [0.25, 0.3) is 76.9 Å². The molecule has 1 heterocycles. The Labute approximate surface area is 302 Å². The van der Waals surface area contributed by atoms with E-state index in [0.717, 1.165) is 50.1 Å². The Bertz CT molecular complexity index is 2890. The van der Waals surface area contributed by atoms with E-state index in [1.54, 1.807) is 0 Å². The highest BCUT2D eigenvalue weighted by molar-refractivity contribution is 6.15. The van der Waals surface area contributed by atoms with E-state index in [4.69, 9.17) is 4.42 Å². The minimum atomic E-state index is 0.899. The lowest BCUT2D eigenvalue weighted by atomic mass is 9.97. The molecule has 0 amide bonds. The number of fused-ring (bicyclic) bond motifs is 5. The number of hydrogen-bond acceptors (Lipinski definition) is 2. The number of hydrogen-bond donors (Lipinski definition) is 0. The van der Waals surface area contributed by atoms with Gasteiger partial charge in [0.25, 0.3) is 0 Å². The lowest BCUT2D eigenvalue weighted by Gasteiger charge is -2.28. The summed E-state index contributed by atoms with van der Waals surface area (Å²) in [6.45, 7) is 0. The molecule has 2 nitrogen and oxygen atoms in total. The van der Waals surface area contributed by atoms with Crippen LogP contribution in [-0.2, 0) is 0 Å². The SMILES string of the molecule is c1ccc(-c2ccc(N(c3ccc(-c4cccc5oc6cc7ccccc7cc6c45)cc3)c3ccccc3-c3ccc4ccccc4c3)cc2)cc1. The van der Waals surface area contributed by atoms with Crippen LogP contribution in [0.3, 0.4) is 0 Å². The van der Waals surface area contributed by atoms with Crippen molar-refractivity contribution in [3.63, 3.8) is 0 Å². The minimum absolute atomic E-state index is 0.899. The maximum absolute atomic E-state index is 6.42. The first-order valence-electron chi connectivity index (χ1n) is 17.8. The van der Waals surface area contributed by atoms with E-state index in [1.165, 1.54) is 43.8 Å². The zero-order valence-corrected chi connectivity index (χ0v) is 28.4. The van der Waals surface area contributed by atoms with Gasteiger partial charge in [0.15, 0.2) is 0 Å². The summed E-state index contributed by atoms with van der Waals surface area (Å²) in [5.74, 6) is 0. The summed E-state index contributed by atoms with van der Waals surface area (Å²) in [6.07, 6.45) is 0. The highest BCUT2D eigenvalue weighted by Gasteiger charge is 2.19. The Hall–Kier alpha value is -6.90. The topological polar surface area (TPSA) is 16.4 Å². The van der Waals surface area contributed by atoms with Crippen LogP contribution in [0.4, 0.5) is 17.1 Å². The Morgan fingerprint density at radius 2 is 0.885 bits per heavy atom. The highest BCUT2D eigenvalue weighted by atomic mass is 16.3. The molecule has 2 heteroatoms. The van der Waals surface area contributed by atoms with Crippen LogP contribution in [0.1, 0.15) is 0 Å². The molecule has 0 unspecified atom stereocenters. The van der Waals surface area contributed by atoms with Gasteiger partial charge in [-0.25, -0.2) is 0 Å². The quantitative estimate of drug-likeness (QED) is 0.176. The second kappa shape index (κ2) is 12.5. The number of anilines is 3. The van der Waals surface area contributed by atoms with E-state index >= 15 is 0 Å². The van der Waals surface area contributed by atoms with E-state index in [9.17, 15) is 0 Å². The smallest absolute Gasteiger partial charge is 0.136 e. The van der Waals surface area contributed by atoms with Crippen LogP contribution in [0.2, 0.25) is 0 Å². The van der Waals surface area contributed by atoms with Crippen LogP contribution in [0.15, 0.2) is 205 Å². The Morgan fingerprint density at radius 3 is 1.63 bits per heavy atom. The van der Waals surface area contributed by atoms with E-state index in [2.05, 4.69) is 205 Å². The molecule has 244 valence electrons. The van der Waals surface area contributed by atoms with Gasteiger partial charge in [0, 0.05) is 27.7 Å². The standard InChI is InChI=1S/C50H33NO/c1-2-11-34(12-3-1)36-23-27-42(28-24-36)51(47-19-9-8-17-44(47)41-22-21-35-13-4-5-14-38(35)31-41)43-29-25-37(26-30-43)45-18-10-20-48-50(45)46-32-39-15-6-7-16-40(39)33-49(46)52-48/h1-33H. The molecule has 1 aromatic heterocycles. The van der Waals surface area contributed by atoms with Crippen LogP contribution in [0, 0.1) is 0 Å². The molecule has 0 fully saturated rings. The lowest BCUT2D eigenvalue weighted by Crippen LogP contribution is -2.11. The van der Waals surface area contributed by atoms with Crippen molar-refractivity contribution >= 4 is 60.5 Å². The predicted molar refractivity (Wildman–Crippen MR) is 220 cm³/mol. The van der Waals surface area contributed by atoms with Crippen LogP contribution < -0.4 is 4.90 Å². The van der Waals surface area contributed by atoms with Crippen LogP contribution in [-0.4, -0.2) is 0 Å². The van der Waals surface area contributed by atoms with Gasteiger partial charge in [-0.15, -0.1) is 0 Å². The van der Waals surface area contributed by atoms with E-state index in [1.807, 2.05) is 0 Å². The molecular formula is C50H33NO. The van der Waals surface area contributed by atoms with Gasteiger partial charge < -0.3 is 9.32 Å². The molecule has 0 radical (unpaired) electrons. The van der Waals surface area contributed by atoms with Gasteiger partial charge in [-0.05, 0) is 104 Å². The minimum Gasteiger partial charge on any atom is -0.456 e. The van der Waals surface area contributed by atoms with Crippen molar-refractivity contribution in [1.82, 2.24) is 0 Å². The molecule has 0 atom stereocenters. The van der Waals surface area contributed by atoms with Crippen molar-refractivity contribution in [1.29, 1.82) is 0 Å². The largest absolute Gasteiger partial charge is 0.456 e.